The molecule has 1 saturated heterocycles. The standard InChI is InChI=1S/C15H20N2O2S/c1-4-10(3)17-14(18)8-13(15(17)19)20-12-7-9(2)5-6-11(12)16/h5-7,10,13H,4,8,16H2,1-3H3. The molecule has 2 unspecified atom stereocenters. The van der Waals surface area contributed by atoms with Crippen LogP contribution in [-0.4, -0.2) is 28.0 Å². The molecule has 0 aromatic heterocycles. The quantitative estimate of drug-likeness (QED) is 0.684. The number of nitrogens with two attached hydrogens (primary N) is 1. The van der Waals surface area contributed by atoms with E-state index in [-0.39, 0.29) is 29.5 Å². The Kier molecular flexibility index (Phi) is 4.38. The van der Waals surface area contributed by atoms with Crippen LogP contribution in [0.25, 0.3) is 0 Å². The third kappa shape index (κ3) is 2.82. The van der Waals surface area contributed by atoms with Crippen LogP contribution in [0.1, 0.15) is 32.3 Å². The molecule has 1 aliphatic rings. The minimum Gasteiger partial charge on any atom is -0.398 e. The number of imide groups is 1. The Morgan fingerprint density at radius 3 is 2.80 bits per heavy atom. The van der Waals surface area contributed by atoms with Crippen LogP contribution in [-0.2, 0) is 9.59 Å². The second-order valence-corrected chi connectivity index (χ2v) is 6.46. The van der Waals surface area contributed by atoms with Crippen LogP contribution in [0.4, 0.5) is 5.69 Å². The van der Waals surface area contributed by atoms with E-state index in [0.717, 1.165) is 16.9 Å². The summed E-state index contributed by atoms with van der Waals surface area (Å²) in [6.07, 6.45) is 1.04. The van der Waals surface area contributed by atoms with Crippen molar-refractivity contribution in [3.8, 4) is 0 Å². The van der Waals surface area contributed by atoms with Gasteiger partial charge >= 0.3 is 0 Å². The fourth-order valence-corrected chi connectivity index (χ4v) is 3.46. The summed E-state index contributed by atoms with van der Waals surface area (Å²) in [6.45, 7) is 5.87. The third-order valence-electron chi connectivity index (χ3n) is 3.61. The fraction of sp³-hybridized carbons (Fsp3) is 0.467. The smallest absolute Gasteiger partial charge is 0.243 e. The first-order valence-electron chi connectivity index (χ1n) is 6.82. The van der Waals surface area contributed by atoms with E-state index in [2.05, 4.69) is 0 Å². The van der Waals surface area contributed by atoms with Crippen LogP contribution in [0.5, 0.6) is 0 Å². The molecular formula is C15H20N2O2S. The highest BCUT2D eigenvalue weighted by Gasteiger charge is 2.41. The van der Waals surface area contributed by atoms with Crippen molar-refractivity contribution in [3.63, 3.8) is 0 Å². The first-order valence-corrected chi connectivity index (χ1v) is 7.70. The van der Waals surface area contributed by atoms with E-state index in [9.17, 15) is 9.59 Å². The summed E-state index contributed by atoms with van der Waals surface area (Å²) in [5.74, 6) is -0.164. The third-order valence-corrected chi connectivity index (χ3v) is 4.87. The molecule has 1 aliphatic heterocycles. The summed E-state index contributed by atoms with van der Waals surface area (Å²) in [6, 6.07) is 5.71. The van der Waals surface area contributed by atoms with Gasteiger partial charge < -0.3 is 5.73 Å². The number of benzene rings is 1. The lowest BCUT2D eigenvalue weighted by Crippen LogP contribution is -2.38. The van der Waals surface area contributed by atoms with Crippen LogP contribution in [0.2, 0.25) is 0 Å². The van der Waals surface area contributed by atoms with E-state index in [4.69, 9.17) is 5.73 Å². The number of rotatable bonds is 4. The summed E-state index contributed by atoms with van der Waals surface area (Å²) >= 11 is 1.40. The SMILES string of the molecule is CCC(C)N1C(=O)CC(Sc2cc(C)ccc2N)C1=O. The number of likely N-dealkylation sites (tertiary alicyclic amines) is 1. The van der Waals surface area contributed by atoms with E-state index in [1.165, 1.54) is 16.7 Å². The second-order valence-electron chi connectivity index (χ2n) is 5.21. The largest absolute Gasteiger partial charge is 0.398 e. The highest BCUT2D eigenvalue weighted by Crippen LogP contribution is 2.35. The van der Waals surface area contributed by atoms with Crippen molar-refractivity contribution in [1.29, 1.82) is 0 Å². The zero-order valence-electron chi connectivity index (χ0n) is 12.1. The van der Waals surface area contributed by atoms with Crippen LogP contribution in [0.3, 0.4) is 0 Å². The van der Waals surface area contributed by atoms with Crippen LogP contribution in [0.15, 0.2) is 23.1 Å². The summed E-state index contributed by atoms with van der Waals surface area (Å²) in [7, 11) is 0. The summed E-state index contributed by atoms with van der Waals surface area (Å²) in [5.41, 5.74) is 7.69. The molecule has 0 radical (unpaired) electrons. The van der Waals surface area contributed by atoms with Crippen molar-refractivity contribution >= 4 is 29.3 Å². The number of thioether (sulfide) groups is 1. The van der Waals surface area contributed by atoms with E-state index < -0.39 is 0 Å². The van der Waals surface area contributed by atoms with Gasteiger partial charge in [0.05, 0.1) is 5.25 Å². The van der Waals surface area contributed by atoms with Gasteiger partial charge in [-0.05, 0) is 38.0 Å². The molecule has 1 heterocycles. The summed E-state index contributed by atoms with van der Waals surface area (Å²) in [5, 5.41) is -0.347. The Morgan fingerprint density at radius 1 is 1.45 bits per heavy atom. The number of anilines is 1. The van der Waals surface area contributed by atoms with Gasteiger partial charge in [0, 0.05) is 23.0 Å². The van der Waals surface area contributed by atoms with E-state index in [0.29, 0.717) is 5.69 Å². The average molecular weight is 292 g/mol. The Labute approximate surface area is 123 Å². The maximum Gasteiger partial charge on any atom is 0.243 e. The Morgan fingerprint density at radius 2 is 2.15 bits per heavy atom. The average Bonchev–Trinajstić information content (AvgIpc) is 2.68. The molecule has 0 bridgehead atoms. The number of hydrogen-bond acceptors (Lipinski definition) is 4. The molecule has 0 aliphatic carbocycles. The maximum absolute atomic E-state index is 12.4. The molecule has 0 spiro atoms. The number of nitrogen functional groups attached to an aromatic ring is 1. The summed E-state index contributed by atoms with van der Waals surface area (Å²) in [4.78, 5) is 26.6. The van der Waals surface area contributed by atoms with E-state index >= 15 is 0 Å². The molecule has 5 heteroatoms. The monoisotopic (exact) mass is 292 g/mol. The first-order chi connectivity index (χ1) is 9.43. The minimum atomic E-state index is -0.347. The molecule has 2 amide bonds. The molecule has 1 aromatic carbocycles. The molecule has 1 fully saturated rings. The highest BCUT2D eigenvalue weighted by atomic mass is 32.2. The molecule has 20 heavy (non-hydrogen) atoms. The van der Waals surface area contributed by atoms with Crippen molar-refractivity contribution < 1.29 is 9.59 Å². The van der Waals surface area contributed by atoms with Gasteiger partial charge in [-0.15, -0.1) is 11.8 Å². The highest BCUT2D eigenvalue weighted by molar-refractivity contribution is 8.00. The van der Waals surface area contributed by atoms with Gasteiger partial charge in [0.1, 0.15) is 0 Å². The lowest BCUT2D eigenvalue weighted by Gasteiger charge is -2.21. The van der Waals surface area contributed by atoms with Gasteiger partial charge in [0.2, 0.25) is 11.8 Å². The Balaban J connectivity index is 2.17. The molecule has 1 aromatic rings. The normalized spacial score (nSPS) is 20.6. The van der Waals surface area contributed by atoms with Gasteiger partial charge in [0.25, 0.3) is 0 Å². The van der Waals surface area contributed by atoms with Crippen LogP contribution in [0, 0.1) is 6.92 Å². The van der Waals surface area contributed by atoms with Gasteiger partial charge in [0.15, 0.2) is 0 Å². The predicted octanol–water partition coefficient (Wildman–Crippen LogP) is 2.60. The Bertz CT molecular complexity index is 545. The molecule has 108 valence electrons. The second kappa shape index (κ2) is 5.87. The predicted molar refractivity (Wildman–Crippen MR) is 81.5 cm³/mol. The fourth-order valence-electron chi connectivity index (χ4n) is 2.26. The summed E-state index contributed by atoms with van der Waals surface area (Å²) < 4.78 is 0. The molecule has 2 atom stereocenters. The zero-order chi connectivity index (χ0) is 14.9. The number of carbonyl (C=O) groups is 2. The topological polar surface area (TPSA) is 63.4 Å². The number of carbonyl (C=O) groups excluding carboxylic acids is 2. The van der Waals surface area contributed by atoms with E-state index in [1.54, 1.807) is 0 Å². The lowest BCUT2D eigenvalue weighted by atomic mass is 10.2. The van der Waals surface area contributed by atoms with Crippen molar-refractivity contribution in [1.82, 2.24) is 4.90 Å². The van der Waals surface area contributed by atoms with Gasteiger partial charge in [-0.3, -0.25) is 14.5 Å². The molecule has 2 N–H and O–H groups in total. The minimum absolute atomic E-state index is 0.0320. The van der Waals surface area contributed by atoms with Crippen LogP contribution < -0.4 is 5.73 Å². The molecular weight excluding hydrogens is 272 g/mol. The molecule has 0 saturated carbocycles. The van der Waals surface area contributed by atoms with Gasteiger partial charge in [-0.25, -0.2) is 0 Å². The zero-order valence-corrected chi connectivity index (χ0v) is 12.9. The van der Waals surface area contributed by atoms with Crippen LogP contribution >= 0.6 is 11.8 Å². The van der Waals surface area contributed by atoms with Crippen molar-refractivity contribution in [2.45, 2.75) is 49.8 Å². The van der Waals surface area contributed by atoms with E-state index in [1.807, 2.05) is 39.0 Å². The first kappa shape index (κ1) is 14.9. The van der Waals surface area contributed by atoms with Crippen molar-refractivity contribution in [2.75, 3.05) is 5.73 Å². The van der Waals surface area contributed by atoms with Gasteiger partial charge in [-0.2, -0.15) is 0 Å². The van der Waals surface area contributed by atoms with Gasteiger partial charge in [-0.1, -0.05) is 13.0 Å². The Hall–Kier alpha value is -1.49. The maximum atomic E-state index is 12.4. The van der Waals surface area contributed by atoms with Crippen molar-refractivity contribution in [2.24, 2.45) is 0 Å². The van der Waals surface area contributed by atoms with Crippen molar-refractivity contribution in [3.05, 3.63) is 23.8 Å². The number of nitrogens with zero attached hydrogens (tertiary/aromatic N) is 1. The lowest BCUT2D eigenvalue weighted by molar-refractivity contribution is -0.140. The molecule has 4 nitrogen and oxygen atoms in total. The number of amides is 2. The number of hydrogen-bond donors (Lipinski definition) is 1. The molecule has 2 rings (SSSR count). The number of aryl methyl sites for hydroxylation is 1.